The molecule has 2 rings (SSSR count). The second-order valence-corrected chi connectivity index (χ2v) is 7.75. The van der Waals surface area contributed by atoms with Crippen molar-refractivity contribution in [1.82, 2.24) is 10.2 Å². The molecule has 0 fully saturated rings. The van der Waals surface area contributed by atoms with Gasteiger partial charge < -0.3 is 15.0 Å². The number of ether oxygens (including phenoxy) is 1. The SMILES string of the molecule is COc1ccccc1C(=O)NC(CCSC)C(=O)N(C)Cc1ccc(Cl)cc1. The van der Waals surface area contributed by atoms with E-state index in [1.807, 2.05) is 18.4 Å². The van der Waals surface area contributed by atoms with E-state index in [4.69, 9.17) is 16.3 Å². The van der Waals surface area contributed by atoms with E-state index in [2.05, 4.69) is 5.32 Å². The maximum Gasteiger partial charge on any atom is 0.255 e. The molecule has 2 amide bonds. The standard InChI is InChI=1S/C21H25ClN2O3S/c1-24(14-15-8-10-16(22)11-9-15)21(26)18(12-13-28-3)23-20(25)17-6-4-5-7-19(17)27-2/h4-11,18H,12-14H2,1-3H3,(H,23,25). The summed E-state index contributed by atoms with van der Waals surface area (Å²) in [5.41, 5.74) is 1.38. The Hall–Kier alpha value is -2.18. The number of halogens is 1. The van der Waals surface area contributed by atoms with E-state index in [-0.39, 0.29) is 11.8 Å². The van der Waals surface area contributed by atoms with Crippen molar-refractivity contribution in [2.24, 2.45) is 0 Å². The van der Waals surface area contributed by atoms with Crippen LogP contribution in [-0.2, 0) is 11.3 Å². The van der Waals surface area contributed by atoms with Crippen LogP contribution in [-0.4, -0.2) is 48.9 Å². The summed E-state index contributed by atoms with van der Waals surface area (Å²) in [5.74, 6) is 0.784. The van der Waals surface area contributed by atoms with Crippen molar-refractivity contribution in [1.29, 1.82) is 0 Å². The van der Waals surface area contributed by atoms with Crippen LogP contribution >= 0.6 is 23.4 Å². The molecule has 1 N–H and O–H groups in total. The van der Waals surface area contributed by atoms with Crippen LogP contribution in [0.2, 0.25) is 5.02 Å². The number of rotatable bonds is 9. The number of para-hydroxylation sites is 1. The minimum atomic E-state index is -0.609. The number of thioether (sulfide) groups is 1. The molecule has 0 aliphatic rings. The Kier molecular flexibility index (Phi) is 8.67. The molecule has 150 valence electrons. The predicted molar refractivity (Wildman–Crippen MR) is 115 cm³/mol. The van der Waals surface area contributed by atoms with E-state index in [1.165, 1.54) is 7.11 Å². The molecule has 1 unspecified atom stereocenters. The lowest BCUT2D eigenvalue weighted by Gasteiger charge is -2.25. The number of benzene rings is 2. The molecule has 0 aliphatic heterocycles. The van der Waals surface area contributed by atoms with Gasteiger partial charge in [0.25, 0.3) is 5.91 Å². The minimum absolute atomic E-state index is 0.132. The molecule has 0 heterocycles. The zero-order valence-corrected chi connectivity index (χ0v) is 17.8. The summed E-state index contributed by atoms with van der Waals surface area (Å²) in [4.78, 5) is 27.3. The molecule has 1 atom stereocenters. The van der Waals surface area contributed by atoms with Gasteiger partial charge in [0.05, 0.1) is 12.7 Å². The highest BCUT2D eigenvalue weighted by atomic mass is 35.5. The van der Waals surface area contributed by atoms with Crippen molar-refractivity contribution in [3.8, 4) is 5.75 Å². The number of methoxy groups -OCH3 is 1. The average Bonchev–Trinajstić information content (AvgIpc) is 2.71. The molecular weight excluding hydrogens is 396 g/mol. The highest BCUT2D eigenvalue weighted by molar-refractivity contribution is 7.98. The monoisotopic (exact) mass is 420 g/mol. The molecule has 28 heavy (non-hydrogen) atoms. The van der Waals surface area contributed by atoms with Gasteiger partial charge in [0.1, 0.15) is 11.8 Å². The van der Waals surface area contributed by atoms with Crippen molar-refractivity contribution in [3.05, 3.63) is 64.7 Å². The zero-order chi connectivity index (χ0) is 20.5. The third-order valence-corrected chi connectivity index (χ3v) is 5.17. The first kappa shape index (κ1) is 22.1. The fourth-order valence-corrected chi connectivity index (χ4v) is 3.37. The lowest BCUT2D eigenvalue weighted by molar-refractivity contribution is -0.132. The van der Waals surface area contributed by atoms with Crippen LogP contribution in [0.5, 0.6) is 5.75 Å². The summed E-state index contributed by atoms with van der Waals surface area (Å²) in [5, 5.41) is 3.53. The topological polar surface area (TPSA) is 58.6 Å². The quantitative estimate of drug-likeness (QED) is 0.669. The Morgan fingerprint density at radius 3 is 2.50 bits per heavy atom. The molecule has 0 saturated carbocycles. The third kappa shape index (κ3) is 6.17. The second kappa shape index (κ2) is 11.0. The van der Waals surface area contributed by atoms with Crippen LogP contribution < -0.4 is 10.1 Å². The minimum Gasteiger partial charge on any atom is -0.496 e. The molecule has 2 aromatic rings. The van der Waals surface area contributed by atoms with Gasteiger partial charge in [0.2, 0.25) is 5.91 Å². The van der Waals surface area contributed by atoms with E-state index in [1.54, 1.807) is 60.1 Å². The van der Waals surface area contributed by atoms with E-state index in [0.29, 0.717) is 29.3 Å². The molecule has 0 aromatic heterocycles. The second-order valence-electron chi connectivity index (χ2n) is 6.33. The van der Waals surface area contributed by atoms with Gasteiger partial charge in [-0.25, -0.2) is 0 Å². The summed E-state index contributed by atoms with van der Waals surface area (Å²) in [7, 11) is 3.25. The number of carbonyl (C=O) groups excluding carboxylic acids is 2. The van der Waals surface area contributed by atoms with Gasteiger partial charge in [0, 0.05) is 18.6 Å². The largest absolute Gasteiger partial charge is 0.496 e. The van der Waals surface area contributed by atoms with Crippen LogP contribution in [0.1, 0.15) is 22.3 Å². The lowest BCUT2D eigenvalue weighted by Crippen LogP contribution is -2.47. The summed E-state index contributed by atoms with van der Waals surface area (Å²) in [6.07, 6.45) is 2.52. The summed E-state index contributed by atoms with van der Waals surface area (Å²) < 4.78 is 5.25. The van der Waals surface area contributed by atoms with Crippen LogP contribution in [0.15, 0.2) is 48.5 Å². The molecule has 0 bridgehead atoms. The van der Waals surface area contributed by atoms with Gasteiger partial charge in [-0.15, -0.1) is 0 Å². The first-order valence-corrected chi connectivity index (χ1v) is 10.7. The van der Waals surface area contributed by atoms with Gasteiger partial charge in [-0.2, -0.15) is 11.8 Å². The Balaban J connectivity index is 2.11. The number of hydrogen-bond acceptors (Lipinski definition) is 4. The highest BCUT2D eigenvalue weighted by Crippen LogP contribution is 2.18. The van der Waals surface area contributed by atoms with Crippen molar-refractivity contribution in [2.45, 2.75) is 19.0 Å². The van der Waals surface area contributed by atoms with Gasteiger partial charge >= 0.3 is 0 Å². The van der Waals surface area contributed by atoms with Gasteiger partial charge in [-0.3, -0.25) is 9.59 Å². The fraction of sp³-hybridized carbons (Fsp3) is 0.333. The van der Waals surface area contributed by atoms with Crippen molar-refractivity contribution in [3.63, 3.8) is 0 Å². The van der Waals surface area contributed by atoms with Crippen molar-refractivity contribution >= 4 is 35.2 Å². The Morgan fingerprint density at radius 2 is 1.86 bits per heavy atom. The highest BCUT2D eigenvalue weighted by Gasteiger charge is 2.25. The fourth-order valence-electron chi connectivity index (χ4n) is 2.77. The Morgan fingerprint density at radius 1 is 1.18 bits per heavy atom. The first-order valence-electron chi connectivity index (χ1n) is 8.88. The van der Waals surface area contributed by atoms with Crippen molar-refractivity contribution < 1.29 is 14.3 Å². The van der Waals surface area contributed by atoms with E-state index >= 15 is 0 Å². The third-order valence-electron chi connectivity index (χ3n) is 4.27. The van der Waals surface area contributed by atoms with Crippen LogP contribution in [0.4, 0.5) is 0 Å². The maximum absolute atomic E-state index is 13.0. The van der Waals surface area contributed by atoms with Gasteiger partial charge in [-0.1, -0.05) is 35.9 Å². The zero-order valence-electron chi connectivity index (χ0n) is 16.3. The Labute approximate surface area is 175 Å². The maximum atomic E-state index is 13.0. The number of carbonyl (C=O) groups is 2. The molecule has 0 radical (unpaired) electrons. The number of amides is 2. The smallest absolute Gasteiger partial charge is 0.255 e. The van der Waals surface area contributed by atoms with E-state index in [0.717, 1.165) is 11.3 Å². The molecule has 2 aromatic carbocycles. The molecule has 0 spiro atoms. The molecular formula is C21H25ClN2O3S. The average molecular weight is 421 g/mol. The number of hydrogen-bond donors (Lipinski definition) is 1. The molecule has 0 saturated heterocycles. The molecule has 7 heteroatoms. The molecule has 5 nitrogen and oxygen atoms in total. The summed E-state index contributed by atoms with van der Waals surface area (Å²) >= 11 is 7.55. The first-order chi connectivity index (χ1) is 13.5. The number of nitrogens with zero attached hydrogens (tertiary/aromatic N) is 1. The van der Waals surface area contributed by atoms with Gasteiger partial charge in [0.15, 0.2) is 0 Å². The predicted octanol–water partition coefficient (Wildman–Crippen LogP) is 3.86. The van der Waals surface area contributed by atoms with Crippen LogP contribution in [0.3, 0.4) is 0 Å². The Bertz CT molecular complexity index is 798. The van der Waals surface area contributed by atoms with Gasteiger partial charge in [-0.05, 0) is 48.3 Å². The summed E-state index contributed by atoms with van der Waals surface area (Å²) in [6.45, 7) is 0.441. The van der Waals surface area contributed by atoms with E-state index in [9.17, 15) is 9.59 Å². The number of likely N-dealkylation sites (N-methyl/N-ethyl adjacent to an activating group) is 1. The van der Waals surface area contributed by atoms with Crippen molar-refractivity contribution in [2.75, 3.05) is 26.2 Å². The van der Waals surface area contributed by atoms with E-state index < -0.39 is 6.04 Å². The van der Waals surface area contributed by atoms with Crippen LogP contribution in [0, 0.1) is 0 Å². The normalized spacial score (nSPS) is 11.6. The molecule has 0 aliphatic carbocycles. The summed E-state index contributed by atoms with van der Waals surface area (Å²) in [6, 6.07) is 13.7. The lowest BCUT2D eigenvalue weighted by atomic mass is 10.1. The van der Waals surface area contributed by atoms with Crippen LogP contribution in [0.25, 0.3) is 0 Å². The number of nitrogens with one attached hydrogen (secondary N) is 1.